The van der Waals surface area contributed by atoms with Crippen molar-refractivity contribution in [3.63, 3.8) is 0 Å². The second kappa shape index (κ2) is 3.34. The molecular weight excluding hydrogens is 230 g/mol. The number of rotatable bonds is 1. The summed E-state index contributed by atoms with van der Waals surface area (Å²) in [6.45, 7) is 1.91. The van der Waals surface area contributed by atoms with Crippen LogP contribution in [0.3, 0.4) is 0 Å². The summed E-state index contributed by atoms with van der Waals surface area (Å²) in [6.07, 6.45) is 1.46. The summed E-state index contributed by atoms with van der Waals surface area (Å²) < 4.78 is 6.19. The van der Waals surface area contributed by atoms with Gasteiger partial charge in [0.05, 0.1) is 0 Å². The second-order valence-electron chi connectivity index (χ2n) is 2.76. The molecule has 66 valence electrons. The lowest BCUT2D eigenvalue weighted by molar-refractivity contribution is 0.527. The Labute approximate surface area is 84.7 Å². The van der Waals surface area contributed by atoms with E-state index in [1.807, 2.05) is 31.2 Å². The summed E-state index contributed by atoms with van der Waals surface area (Å²) in [4.78, 5) is 4.13. The molecule has 0 aliphatic carbocycles. The molecule has 0 radical (unpaired) electrons. The third kappa shape index (κ3) is 1.65. The summed E-state index contributed by atoms with van der Waals surface area (Å²) in [7, 11) is 0. The molecule has 0 atom stereocenters. The summed E-state index contributed by atoms with van der Waals surface area (Å²) in [6, 6.07) is 8.00. The van der Waals surface area contributed by atoms with Crippen LogP contribution in [0.5, 0.6) is 0 Å². The van der Waals surface area contributed by atoms with Crippen molar-refractivity contribution >= 4 is 15.9 Å². The van der Waals surface area contributed by atoms with Gasteiger partial charge in [-0.1, -0.05) is 28.1 Å². The molecule has 0 aliphatic rings. The SMILES string of the molecule is Cc1ocnc1-c1ccc(Br)cc1. The largest absolute Gasteiger partial charge is 0.448 e. The van der Waals surface area contributed by atoms with Gasteiger partial charge in [-0.3, -0.25) is 0 Å². The molecule has 0 spiro atoms. The molecule has 3 heteroatoms. The van der Waals surface area contributed by atoms with Gasteiger partial charge in [0, 0.05) is 10.0 Å². The number of hydrogen-bond acceptors (Lipinski definition) is 2. The number of nitrogens with zero attached hydrogens (tertiary/aromatic N) is 1. The molecule has 0 saturated heterocycles. The monoisotopic (exact) mass is 237 g/mol. The Morgan fingerprint density at radius 3 is 2.46 bits per heavy atom. The first-order valence-electron chi connectivity index (χ1n) is 3.93. The van der Waals surface area contributed by atoms with Crippen LogP contribution in [0.2, 0.25) is 0 Å². The molecule has 0 fully saturated rings. The third-order valence-electron chi connectivity index (χ3n) is 1.86. The van der Waals surface area contributed by atoms with Crippen molar-refractivity contribution in [2.45, 2.75) is 6.92 Å². The van der Waals surface area contributed by atoms with E-state index >= 15 is 0 Å². The fourth-order valence-corrected chi connectivity index (χ4v) is 1.45. The molecule has 2 rings (SSSR count). The fourth-order valence-electron chi connectivity index (χ4n) is 1.19. The van der Waals surface area contributed by atoms with Gasteiger partial charge in [-0.05, 0) is 19.1 Å². The normalized spacial score (nSPS) is 10.3. The van der Waals surface area contributed by atoms with Crippen molar-refractivity contribution in [1.82, 2.24) is 4.98 Å². The van der Waals surface area contributed by atoms with E-state index < -0.39 is 0 Å². The fraction of sp³-hybridized carbons (Fsp3) is 0.100. The number of oxazole rings is 1. The van der Waals surface area contributed by atoms with Crippen LogP contribution in [0, 0.1) is 6.92 Å². The Balaban J connectivity index is 2.47. The van der Waals surface area contributed by atoms with Gasteiger partial charge in [0.2, 0.25) is 0 Å². The van der Waals surface area contributed by atoms with E-state index in [-0.39, 0.29) is 0 Å². The lowest BCUT2D eigenvalue weighted by atomic mass is 10.1. The molecule has 2 nitrogen and oxygen atoms in total. The average molecular weight is 238 g/mol. The van der Waals surface area contributed by atoms with Crippen LogP contribution in [0.1, 0.15) is 5.76 Å². The second-order valence-corrected chi connectivity index (χ2v) is 3.68. The van der Waals surface area contributed by atoms with E-state index in [0.717, 1.165) is 21.5 Å². The van der Waals surface area contributed by atoms with E-state index in [4.69, 9.17) is 4.42 Å². The quantitative estimate of drug-likeness (QED) is 0.760. The standard InChI is InChI=1S/C10H8BrNO/c1-7-10(12-6-13-7)8-2-4-9(11)5-3-8/h2-6H,1H3. The predicted molar refractivity (Wildman–Crippen MR) is 54.4 cm³/mol. The van der Waals surface area contributed by atoms with Gasteiger partial charge in [0.1, 0.15) is 11.5 Å². The molecule has 2 aromatic rings. The van der Waals surface area contributed by atoms with Crippen molar-refractivity contribution in [3.05, 3.63) is 40.9 Å². The van der Waals surface area contributed by atoms with E-state index in [1.54, 1.807) is 0 Å². The lowest BCUT2D eigenvalue weighted by Gasteiger charge is -1.96. The van der Waals surface area contributed by atoms with Crippen LogP contribution in [0.15, 0.2) is 39.5 Å². The van der Waals surface area contributed by atoms with Crippen LogP contribution in [-0.2, 0) is 0 Å². The molecule has 0 N–H and O–H groups in total. The van der Waals surface area contributed by atoms with Crippen LogP contribution in [-0.4, -0.2) is 4.98 Å². The minimum atomic E-state index is 0.849. The minimum Gasteiger partial charge on any atom is -0.448 e. The Bertz CT molecular complexity index is 405. The Morgan fingerprint density at radius 1 is 1.23 bits per heavy atom. The van der Waals surface area contributed by atoms with Gasteiger partial charge in [0.25, 0.3) is 0 Å². The average Bonchev–Trinajstić information content (AvgIpc) is 2.53. The first kappa shape index (κ1) is 8.51. The topological polar surface area (TPSA) is 26.0 Å². The van der Waals surface area contributed by atoms with Crippen LogP contribution in [0.25, 0.3) is 11.3 Å². The lowest BCUT2D eigenvalue weighted by Crippen LogP contribution is -1.79. The Hall–Kier alpha value is -1.09. The molecule has 1 aromatic heterocycles. The van der Waals surface area contributed by atoms with Gasteiger partial charge in [0.15, 0.2) is 6.39 Å². The van der Waals surface area contributed by atoms with E-state index in [1.165, 1.54) is 6.39 Å². The minimum absolute atomic E-state index is 0.849. The predicted octanol–water partition coefficient (Wildman–Crippen LogP) is 3.41. The van der Waals surface area contributed by atoms with E-state index in [0.29, 0.717) is 0 Å². The highest BCUT2D eigenvalue weighted by Crippen LogP contribution is 2.22. The van der Waals surface area contributed by atoms with Gasteiger partial charge < -0.3 is 4.42 Å². The van der Waals surface area contributed by atoms with Crippen molar-refractivity contribution in [3.8, 4) is 11.3 Å². The summed E-state index contributed by atoms with van der Waals surface area (Å²) in [5.74, 6) is 0.849. The molecule has 0 amide bonds. The molecule has 0 aliphatic heterocycles. The number of halogens is 1. The van der Waals surface area contributed by atoms with Gasteiger partial charge in [-0.15, -0.1) is 0 Å². The molecular formula is C10H8BrNO. The zero-order chi connectivity index (χ0) is 9.26. The van der Waals surface area contributed by atoms with Gasteiger partial charge in [-0.2, -0.15) is 0 Å². The first-order valence-corrected chi connectivity index (χ1v) is 4.72. The van der Waals surface area contributed by atoms with Crippen LogP contribution < -0.4 is 0 Å². The Morgan fingerprint density at radius 2 is 1.92 bits per heavy atom. The third-order valence-corrected chi connectivity index (χ3v) is 2.39. The summed E-state index contributed by atoms with van der Waals surface area (Å²) >= 11 is 3.38. The smallest absolute Gasteiger partial charge is 0.181 e. The summed E-state index contributed by atoms with van der Waals surface area (Å²) in [5.41, 5.74) is 1.99. The highest BCUT2D eigenvalue weighted by atomic mass is 79.9. The van der Waals surface area contributed by atoms with E-state index in [2.05, 4.69) is 20.9 Å². The molecule has 0 bridgehead atoms. The van der Waals surface area contributed by atoms with Crippen molar-refractivity contribution < 1.29 is 4.42 Å². The Kier molecular flexibility index (Phi) is 2.19. The molecule has 1 aromatic carbocycles. The zero-order valence-corrected chi connectivity index (χ0v) is 8.71. The zero-order valence-electron chi connectivity index (χ0n) is 7.12. The van der Waals surface area contributed by atoms with E-state index in [9.17, 15) is 0 Å². The number of aryl methyl sites for hydroxylation is 1. The first-order chi connectivity index (χ1) is 6.27. The van der Waals surface area contributed by atoms with Gasteiger partial charge >= 0.3 is 0 Å². The molecule has 0 saturated carbocycles. The maximum Gasteiger partial charge on any atom is 0.181 e. The van der Waals surface area contributed by atoms with Crippen LogP contribution >= 0.6 is 15.9 Å². The maximum atomic E-state index is 5.13. The van der Waals surface area contributed by atoms with Crippen molar-refractivity contribution in [2.75, 3.05) is 0 Å². The molecule has 13 heavy (non-hydrogen) atoms. The highest BCUT2D eigenvalue weighted by molar-refractivity contribution is 9.10. The molecule has 1 heterocycles. The number of benzene rings is 1. The van der Waals surface area contributed by atoms with Crippen molar-refractivity contribution in [2.24, 2.45) is 0 Å². The molecule has 0 unspecified atom stereocenters. The van der Waals surface area contributed by atoms with Crippen molar-refractivity contribution in [1.29, 1.82) is 0 Å². The number of aromatic nitrogens is 1. The highest BCUT2D eigenvalue weighted by Gasteiger charge is 2.04. The number of hydrogen-bond donors (Lipinski definition) is 0. The maximum absolute atomic E-state index is 5.13. The van der Waals surface area contributed by atoms with Gasteiger partial charge in [-0.25, -0.2) is 4.98 Å². The summed E-state index contributed by atoms with van der Waals surface area (Å²) in [5, 5.41) is 0. The van der Waals surface area contributed by atoms with Crippen LogP contribution in [0.4, 0.5) is 0 Å².